The predicted octanol–water partition coefficient (Wildman–Crippen LogP) is 0.939. The molecule has 1 aromatic rings. The van der Waals surface area contributed by atoms with E-state index in [1.807, 2.05) is 18.7 Å². The van der Waals surface area contributed by atoms with Gasteiger partial charge in [0.15, 0.2) is 5.82 Å². The minimum atomic E-state index is -0.158. The summed E-state index contributed by atoms with van der Waals surface area (Å²) >= 11 is 0. The van der Waals surface area contributed by atoms with Crippen molar-refractivity contribution in [1.82, 2.24) is 19.9 Å². The molecule has 8 heteroatoms. The zero-order valence-corrected chi connectivity index (χ0v) is 15.2. The lowest BCUT2D eigenvalue weighted by Gasteiger charge is -2.35. The summed E-state index contributed by atoms with van der Waals surface area (Å²) in [6.07, 6.45) is 2.58. The molecule has 0 bridgehead atoms. The minimum absolute atomic E-state index is 0.125. The Bertz CT molecular complexity index is 570. The van der Waals surface area contributed by atoms with Crippen molar-refractivity contribution in [3.05, 3.63) is 11.7 Å². The van der Waals surface area contributed by atoms with E-state index in [-0.39, 0.29) is 24.0 Å². The fraction of sp³-hybridized carbons (Fsp3) is 0.824. The molecular weight excluding hydrogens is 322 g/mol. The highest BCUT2D eigenvalue weighted by atomic mass is 16.5. The third-order valence-electron chi connectivity index (χ3n) is 5.13. The highest BCUT2D eigenvalue weighted by Crippen LogP contribution is 2.26. The third kappa shape index (κ3) is 4.56. The fourth-order valence-corrected chi connectivity index (χ4v) is 3.64. The van der Waals surface area contributed by atoms with Gasteiger partial charge in [-0.1, -0.05) is 5.16 Å². The number of carbonyl (C=O) groups is 1. The van der Waals surface area contributed by atoms with Crippen LogP contribution in [0.2, 0.25) is 0 Å². The normalized spacial score (nSPS) is 26.1. The molecule has 3 rings (SSSR count). The van der Waals surface area contributed by atoms with Crippen LogP contribution < -0.4 is 5.73 Å². The molecule has 0 radical (unpaired) electrons. The highest BCUT2D eigenvalue weighted by Gasteiger charge is 2.32. The van der Waals surface area contributed by atoms with Gasteiger partial charge in [0.05, 0.1) is 6.54 Å². The number of rotatable bonds is 6. The van der Waals surface area contributed by atoms with Crippen LogP contribution in [0.25, 0.3) is 0 Å². The number of nitrogens with zero attached hydrogens (tertiary/aromatic N) is 4. The standard InChI is InChI=1S/C17H29N5O3/c1-3-24-12(2)16-19-15(25-20-16)11-21-6-8-22(9-7-21)17(23)13-4-5-14(18)10-13/h12-14H,3-11,18H2,1-2H3/t12-,13-,14-/m1/s1. The molecule has 1 saturated carbocycles. The predicted molar refractivity (Wildman–Crippen MR) is 91.5 cm³/mol. The van der Waals surface area contributed by atoms with Crippen molar-refractivity contribution in [3.8, 4) is 0 Å². The van der Waals surface area contributed by atoms with Crippen LogP contribution in [0.15, 0.2) is 4.52 Å². The Kier molecular flexibility index (Phi) is 6.03. The van der Waals surface area contributed by atoms with Crippen LogP contribution in [0.4, 0.5) is 0 Å². The summed E-state index contributed by atoms with van der Waals surface area (Å²) in [6.45, 7) is 8.23. The van der Waals surface area contributed by atoms with Crippen LogP contribution in [0.5, 0.6) is 0 Å². The molecule has 0 spiro atoms. The molecule has 2 fully saturated rings. The number of nitrogens with two attached hydrogens (primary N) is 1. The van der Waals surface area contributed by atoms with E-state index in [2.05, 4.69) is 15.0 Å². The first kappa shape index (κ1) is 18.3. The summed E-state index contributed by atoms with van der Waals surface area (Å²) in [6, 6.07) is 0.195. The smallest absolute Gasteiger partial charge is 0.240 e. The molecule has 2 aliphatic rings. The van der Waals surface area contributed by atoms with E-state index in [4.69, 9.17) is 15.0 Å². The molecule has 0 aromatic carbocycles. The summed E-state index contributed by atoms with van der Waals surface area (Å²) in [5, 5.41) is 3.99. The van der Waals surface area contributed by atoms with Gasteiger partial charge >= 0.3 is 0 Å². The Hall–Kier alpha value is -1.51. The summed E-state index contributed by atoms with van der Waals surface area (Å²) in [5.41, 5.74) is 5.93. The Balaban J connectivity index is 1.45. The van der Waals surface area contributed by atoms with Gasteiger partial charge in [0.25, 0.3) is 0 Å². The van der Waals surface area contributed by atoms with E-state index in [9.17, 15) is 4.79 Å². The second-order valence-corrected chi connectivity index (χ2v) is 7.02. The van der Waals surface area contributed by atoms with Gasteiger partial charge in [-0.25, -0.2) is 0 Å². The number of aromatic nitrogens is 2. The van der Waals surface area contributed by atoms with Gasteiger partial charge in [-0.3, -0.25) is 9.69 Å². The quantitative estimate of drug-likeness (QED) is 0.814. The van der Waals surface area contributed by atoms with Crippen molar-refractivity contribution in [3.63, 3.8) is 0 Å². The van der Waals surface area contributed by atoms with Crippen LogP contribution in [0.1, 0.15) is 50.9 Å². The molecule has 1 aromatic heterocycles. The zero-order chi connectivity index (χ0) is 17.8. The van der Waals surface area contributed by atoms with Crippen molar-refractivity contribution in [1.29, 1.82) is 0 Å². The first-order chi connectivity index (χ1) is 12.1. The molecule has 2 N–H and O–H groups in total. The van der Waals surface area contributed by atoms with Gasteiger partial charge in [-0.15, -0.1) is 0 Å². The SMILES string of the molecule is CCO[C@H](C)c1noc(CN2CCN(C(=O)[C@@H]3CC[C@@H](N)C3)CC2)n1. The van der Waals surface area contributed by atoms with Gasteiger partial charge < -0.3 is 19.9 Å². The second kappa shape index (κ2) is 8.25. The lowest BCUT2D eigenvalue weighted by molar-refractivity contribution is -0.137. The molecule has 140 valence electrons. The van der Waals surface area contributed by atoms with Crippen LogP contribution in [0.3, 0.4) is 0 Å². The molecule has 1 aliphatic carbocycles. The Morgan fingerprint density at radius 1 is 1.36 bits per heavy atom. The number of hydrogen-bond acceptors (Lipinski definition) is 7. The maximum Gasteiger partial charge on any atom is 0.240 e. The summed E-state index contributed by atoms with van der Waals surface area (Å²) in [4.78, 5) is 21.2. The maximum atomic E-state index is 12.5. The van der Waals surface area contributed by atoms with Crippen LogP contribution in [-0.4, -0.2) is 64.7 Å². The van der Waals surface area contributed by atoms with Crippen molar-refractivity contribution in [2.45, 2.75) is 51.8 Å². The largest absolute Gasteiger partial charge is 0.371 e. The molecule has 2 heterocycles. The van der Waals surface area contributed by atoms with E-state index >= 15 is 0 Å². The highest BCUT2D eigenvalue weighted by molar-refractivity contribution is 5.79. The lowest BCUT2D eigenvalue weighted by atomic mass is 10.1. The van der Waals surface area contributed by atoms with E-state index in [1.54, 1.807) is 0 Å². The zero-order valence-electron chi connectivity index (χ0n) is 15.2. The Morgan fingerprint density at radius 3 is 2.76 bits per heavy atom. The molecule has 1 aliphatic heterocycles. The molecule has 25 heavy (non-hydrogen) atoms. The van der Waals surface area contributed by atoms with Crippen molar-refractivity contribution < 1.29 is 14.1 Å². The number of piperazine rings is 1. The summed E-state index contributed by atoms with van der Waals surface area (Å²) in [5.74, 6) is 1.59. The van der Waals surface area contributed by atoms with Gasteiger partial charge in [0.1, 0.15) is 6.10 Å². The van der Waals surface area contributed by atoms with E-state index in [0.717, 1.165) is 45.4 Å². The van der Waals surface area contributed by atoms with Crippen molar-refractivity contribution in [2.24, 2.45) is 11.7 Å². The van der Waals surface area contributed by atoms with Crippen LogP contribution >= 0.6 is 0 Å². The molecule has 3 atom stereocenters. The third-order valence-corrected chi connectivity index (χ3v) is 5.13. The first-order valence-electron chi connectivity index (χ1n) is 9.27. The molecule has 8 nitrogen and oxygen atoms in total. The van der Waals surface area contributed by atoms with E-state index in [1.165, 1.54) is 0 Å². The fourth-order valence-electron chi connectivity index (χ4n) is 3.64. The Labute approximate surface area is 148 Å². The van der Waals surface area contributed by atoms with E-state index in [0.29, 0.717) is 24.9 Å². The Morgan fingerprint density at radius 2 is 2.12 bits per heavy atom. The molecular formula is C17H29N5O3. The van der Waals surface area contributed by atoms with Crippen LogP contribution in [-0.2, 0) is 16.1 Å². The summed E-state index contributed by atoms with van der Waals surface area (Å²) < 4.78 is 10.8. The molecule has 1 amide bonds. The lowest BCUT2D eigenvalue weighted by Crippen LogP contribution is -2.49. The van der Waals surface area contributed by atoms with Gasteiger partial charge in [0, 0.05) is 44.7 Å². The maximum absolute atomic E-state index is 12.5. The number of ether oxygens (including phenoxy) is 1. The average molecular weight is 351 g/mol. The van der Waals surface area contributed by atoms with Crippen molar-refractivity contribution >= 4 is 5.91 Å². The monoisotopic (exact) mass is 351 g/mol. The number of amides is 1. The van der Waals surface area contributed by atoms with E-state index < -0.39 is 0 Å². The minimum Gasteiger partial charge on any atom is -0.371 e. The molecule has 1 saturated heterocycles. The van der Waals surface area contributed by atoms with Gasteiger partial charge in [0.2, 0.25) is 11.8 Å². The van der Waals surface area contributed by atoms with Gasteiger partial charge in [-0.05, 0) is 33.1 Å². The second-order valence-electron chi connectivity index (χ2n) is 7.02. The molecule has 0 unspecified atom stereocenters. The summed E-state index contributed by atoms with van der Waals surface area (Å²) in [7, 11) is 0. The number of carbonyl (C=O) groups excluding carboxylic acids is 1. The number of hydrogen-bond donors (Lipinski definition) is 1. The topological polar surface area (TPSA) is 97.7 Å². The van der Waals surface area contributed by atoms with Crippen molar-refractivity contribution in [2.75, 3.05) is 32.8 Å². The first-order valence-corrected chi connectivity index (χ1v) is 9.27. The van der Waals surface area contributed by atoms with Crippen LogP contribution in [0, 0.1) is 5.92 Å². The van der Waals surface area contributed by atoms with Gasteiger partial charge in [-0.2, -0.15) is 4.98 Å². The average Bonchev–Trinajstić information content (AvgIpc) is 3.24.